The minimum absolute atomic E-state index is 0.123. The fraction of sp³-hybridized carbons (Fsp3) is 0.500. The molecule has 1 aromatic rings. The van der Waals surface area contributed by atoms with Crippen LogP contribution in [0, 0.1) is 9.49 Å². The minimum Gasteiger partial charge on any atom is -0.467 e. The van der Waals surface area contributed by atoms with E-state index in [1.54, 1.807) is 6.20 Å². The van der Waals surface area contributed by atoms with E-state index in [1.807, 2.05) is 13.8 Å². The van der Waals surface area contributed by atoms with Crippen molar-refractivity contribution in [1.82, 2.24) is 9.97 Å². The van der Waals surface area contributed by atoms with E-state index in [4.69, 9.17) is 4.74 Å². The summed E-state index contributed by atoms with van der Waals surface area (Å²) in [5.74, 6) is 0.488. The molecule has 0 saturated heterocycles. The highest BCUT2D eigenvalue weighted by Gasteiger charge is 2.23. The number of carbonyl (C=O) groups excluding carboxylic acids is 1. The van der Waals surface area contributed by atoms with Crippen LogP contribution in [0.15, 0.2) is 12.5 Å². The molecule has 0 aromatic carbocycles. The lowest BCUT2D eigenvalue weighted by Gasteiger charge is -2.20. The molecule has 0 aliphatic heterocycles. The third kappa shape index (κ3) is 3.29. The standard InChI is InChI=1S/C10H14IN3O2/c1-6(2)8(10(15)16-3)14-9-7(11)4-12-5-13-9/h4-6,8H,1-3H3,(H,12,13,14). The number of nitrogens with zero attached hydrogens (tertiary/aromatic N) is 2. The lowest BCUT2D eigenvalue weighted by atomic mass is 10.1. The molecule has 1 aromatic heterocycles. The van der Waals surface area contributed by atoms with Gasteiger partial charge in [-0.05, 0) is 28.5 Å². The number of aromatic nitrogens is 2. The second kappa shape index (κ2) is 5.97. The van der Waals surface area contributed by atoms with Gasteiger partial charge in [0.15, 0.2) is 0 Å². The zero-order valence-corrected chi connectivity index (χ0v) is 11.6. The van der Waals surface area contributed by atoms with Gasteiger partial charge in [0.05, 0.1) is 10.7 Å². The van der Waals surface area contributed by atoms with Gasteiger partial charge in [0.2, 0.25) is 0 Å². The van der Waals surface area contributed by atoms with Crippen LogP contribution in [0.3, 0.4) is 0 Å². The number of halogens is 1. The molecule has 88 valence electrons. The van der Waals surface area contributed by atoms with Gasteiger partial charge in [0, 0.05) is 6.20 Å². The van der Waals surface area contributed by atoms with Crippen LogP contribution in [-0.2, 0) is 9.53 Å². The minimum atomic E-state index is -0.395. The maximum Gasteiger partial charge on any atom is 0.328 e. The van der Waals surface area contributed by atoms with E-state index >= 15 is 0 Å². The van der Waals surface area contributed by atoms with Gasteiger partial charge >= 0.3 is 5.97 Å². The zero-order chi connectivity index (χ0) is 12.1. The first-order valence-corrected chi connectivity index (χ1v) is 5.94. The van der Waals surface area contributed by atoms with Gasteiger partial charge in [0.1, 0.15) is 18.2 Å². The molecule has 0 saturated carbocycles. The Hall–Kier alpha value is -0.920. The molecular formula is C10H14IN3O2. The molecule has 1 atom stereocenters. The van der Waals surface area contributed by atoms with E-state index in [9.17, 15) is 4.79 Å². The van der Waals surface area contributed by atoms with Crippen molar-refractivity contribution in [3.05, 3.63) is 16.1 Å². The maximum absolute atomic E-state index is 11.5. The van der Waals surface area contributed by atoms with Crippen LogP contribution in [0.2, 0.25) is 0 Å². The SMILES string of the molecule is COC(=O)C(Nc1ncncc1I)C(C)C. The molecule has 1 heterocycles. The van der Waals surface area contributed by atoms with Crippen LogP contribution in [0.4, 0.5) is 5.82 Å². The van der Waals surface area contributed by atoms with Gasteiger partial charge in [0.25, 0.3) is 0 Å². The first kappa shape index (κ1) is 13.1. The highest BCUT2D eigenvalue weighted by atomic mass is 127. The summed E-state index contributed by atoms with van der Waals surface area (Å²) in [7, 11) is 1.38. The Bertz CT molecular complexity index is 371. The molecule has 0 fully saturated rings. The number of hydrogen-bond acceptors (Lipinski definition) is 5. The third-order valence-electron chi connectivity index (χ3n) is 2.08. The lowest BCUT2D eigenvalue weighted by molar-refractivity contribution is -0.142. The fourth-order valence-electron chi connectivity index (χ4n) is 1.19. The van der Waals surface area contributed by atoms with Crippen molar-refractivity contribution in [1.29, 1.82) is 0 Å². The Morgan fingerprint density at radius 1 is 1.56 bits per heavy atom. The van der Waals surface area contributed by atoms with Crippen molar-refractivity contribution in [2.75, 3.05) is 12.4 Å². The Morgan fingerprint density at radius 3 is 2.75 bits per heavy atom. The van der Waals surface area contributed by atoms with Gasteiger partial charge < -0.3 is 10.1 Å². The van der Waals surface area contributed by atoms with E-state index in [2.05, 4.69) is 37.9 Å². The van der Waals surface area contributed by atoms with Crippen LogP contribution in [-0.4, -0.2) is 29.1 Å². The Labute approximate surface area is 108 Å². The van der Waals surface area contributed by atoms with Crippen molar-refractivity contribution in [2.24, 2.45) is 5.92 Å². The van der Waals surface area contributed by atoms with Crippen molar-refractivity contribution in [3.8, 4) is 0 Å². The summed E-state index contributed by atoms with van der Waals surface area (Å²) in [5.41, 5.74) is 0. The van der Waals surface area contributed by atoms with E-state index in [1.165, 1.54) is 13.4 Å². The number of hydrogen-bond donors (Lipinski definition) is 1. The molecule has 1 unspecified atom stereocenters. The van der Waals surface area contributed by atoms with E-state index in [-0.39, 0.29) is 11.9 Å². The molecule has 0 bridgehead atoms. The quantitative estimate of drug-likeness (QED) is 0.670. The second-order valence-corrected chi connectivity index (χ2v) is 4.77. The van der Waals surface area contributed by atoms with Gasteiger partial charge in [-0.3, -0.25) is 0 Å². The average molecular weight is 335 g/mol. The van der Waals surface area contributed by atoms with Crippen molar-refractivity contribution in [2.45, 2.75) is 19.9 Å². The molecule has 16 heavy (non-hydrogen) atoms. The fourth-order valence-corrected chi connectivity index (χ4v) is 1.65. The highest BCUT2D eigenvalue weighted by Crippen LogP contribution is 2.16. The summed E-state index contributed by atoms with van der Waals surface area (Å²) in [6, 6.07) is -0.395. The molecule has 0 radical (unpaired) electrons. The van der Waals surface area contributed by atoms with Crippen molar-refractivity contribution >= 4 is 34.4 Å². The monoisotopic (exact) mass is 335 g/mol. The number of esters is 1. The van der Waals surface area contributed by atoms with E-state index in [0.717, 1.165) is 3.57 Å². The van der Waals surface area contributed by atoms with E-state index in [0.29, 0.717) is 5.82 Å². The summed E-state index contributed by atoms with van der Waals surface area (Å²) in [6.45, 7) is 3.89. The lowest BCUT2D eigenvalue weighted by Crippen LogP contribution is -2.36. The number of methoxy groups -OCH3 is 1. The van der Waals surface area contributed by atoms with Crippen LogP contribution in [0.5, 0.6) is 0 Å². The van der Waals surface area contributed by atoms with Crippen LogP contribution in [0.1, 0.15) is 13.8 Å². The predicted octanol–water partition coefficient (Wildman–Crippen LogP) is 1.69. The number of anilines is 1. The molecule has 5 nitrogen and oxygen atoms in total. The topological polar surface area (TPSA) is 64.1 Å². The van der Waals surface area contributed by atoms with Crippen molar-refractivity contribution in [3.63, 3.8) is 0 Å². The molecule has 0 amide bonds. The normalized spacial score (nSPS) is 12.3. The number of rotatable bonds is 4. The van der Waals surface area contributed by atoms with Crippen LogP contribution >= 0.6 is 22.6 Å². The molecule has 0 spiro atoms. The maximum atomic E-state index is 11.5. The smallest absolute Gasteiger partial charge is 0.328 e. The molecule has 0 aliphatic carbocycles. The molecule has 0 aliphatic rings. The van der Waals surface area contributed by atoms with E-state index < -0.39 is 6.04 Å². The number of carbonyl (C=O) groups is 1. The highest BCUT2D eigenvalue weighted by molar-refractivity contribution is 14.1. The van der Waals surface area contributed by atoms with Gasteiger partial charge in [-0.2, -0.15) is 0 Å². The van der Waals surface area contributed by atoms with Gasteiger partial charge in [-0.15, -0.1) is 0 Å². The molecule has 1 rings (SSSR count). The molecule has 6 heteroatoms. The van der Waals surface area contributed by atoms with Gasteiger partial charge in [-0.25, -0.2) is 14.8 Å². The zero-order valence-electron chi connectivity index (χ0n) is 9.40. The summed E-state index contributed by atoms with van der Waals surface area (Å²) in [5, 5.41) is 3.06. The predicted molar refractivity (Wildman–Crippen MR) is 69.0 cm³/mol. The van der Waals surface area contributed by atoms with Crippen LogP contribution in [0.25, 0.3) is 0 Å². The average Bonchev–Trinajstić information content (AvgIpc) is 2.26. The largest absolute Gasteiger partial charge is 0.467 e. The number of nitrogens with one attached hydrogen (secondary N) is 1. The third-order valence-corrected chi connectivity index (χ3v) is 2.87. The Morgan fingerprint density at radius 2 is 2.25 bits per heavy atom. The summed E-state index contributed by atoms with van der Waals surface area (Å²) in [4.78, 5) is 19.5. The Kier molecular flexibility index (Phi) is 4.91. The first-order chi connectivity index (χ1) is 7.56. The van der Waals surface area contributed by atoms with Crippen LogP contribution < -0.4 is 5.32 Å². The first-order valence-electron chi connectivity index (χ1n) is 4.86. The molecule has 1 N–H and O–H groups in total. The molecular weight excluding hydrogens is 321 g/mol. The summed E-state index contributed by atoms with van der Waals surface area (Å²) >= 11 is 2.11. The van der Waals surface area contributed by atoms with Gasteiger partial charge in [-0.1, -0.05) is 13.8 Å². The number of ether oxygens (including phenoxy) is 1. The van der Waals surface area contributed by atoms with Crippen molar-refractivity contribution < 1.29 is 9.53 Å². The second-order valence-electron chi connectivity index (χ2n) is 3.61. The summed E-state index contributed by atoms with van der Waals surface area (Å²) in [6.07, 6.45) is 3.13. The summed E-state index contributed by atoms with van der Waals surface area (Å²) < 4.78 is 5.61. The Balaban J connectivity index is 2.84.